The summed E-state index contributed by atoms with van der Waals surface area (Å²) >= 11 is 11.9. The first-order valence-electron chi connectivity index (χ1n) is 6.04. The van der Waals surface area contributed by atoms with Crippen molar-refractivity contribution in [3.05, 3.63) is 52.4 Å². The number of rotatable bonds is 5. The molecule has 0 aliphatic rings. The maximum Gasteiger partial charge on any atom is 0.240 e. The Morgan fingerprint density at radius 1 is 1.24 bits per heavy atom. The number of amides is 1. The maximum atomic E-state index is 12.3. The van der Waals surface area contributed by atoms with E-state index in [9.17, 15) is 9.59 Å². The Kier molecular flexibility index (Phi) is 4.88. The summed E-state index contributed by atoms with van der Waals surface area (Å²) in [5.41, 5.74) is 0.472. The second-order valence-electron chi connectivity index (χ2n) is 4.24. The van der Waals surface area contributed by atoms with Gasteiger partial charge in [-0.05, 0) is 30.3 Å². The first kappa shape index (κ1) is 15.4. The molecule has 1 atom stereocenters. The van der Waals surface area contributed by atoms with Gasteiger partial charge in [0.15, 0.2) is 11.9 Å². The van der Waals surface area contributed by atoms with E-state index in [1.165, 1.54) is 25.3 Å². The number of carbonyl (C=O) groups is 2. The molecular formula is C14H12Cl2N2O3. The van der Waals surface area contributed by atoms with E-state index in [0.29, 0.717) is 15.7 Å². The minimum absolute atomic E-state index is 0.131. The summed E-state index contributed by atoms with van der Waals surface area (Å²) in [5.74, 6) is -0.648. The molecule has 0 aliphatic heterocycles. The molecule has 110 valence electrons. The van der Waals surface area contributed by atoms with Crippen LogP contribution in [0.4, 0.5) is 5.69 Å². The van der Waals surface area contributed by atoms with Crippen LogP contribution in [-0.2, 0) is 4.79 Å². The van der Waals surface area contributed by atoms with Crippen LogP contribution < -0.4 is 10.6 Å². The van der Waals surface area contributed by atoms with Crippen molar-refractivity contribution in [2.24, 2.45) is 0 Å². The van der Waals surface area contributed by atoms with E-state index in [-0.39, 0.29) is 11.7 Å². The van der Waals surface area contributed by atoms with Crippen molar-refractivity contribution < 1.29 is 14.0 Å². The van der Waals surface area contributed by atoms with Crippen LogP contribution in [0.2, 0.25) is 10.0 Å². The topological polar surface area (TPSA) is 71.3 Å². The zero-order chi connectivity index (χ0) is 15.4. The van der Waals surface area contributed by atoms with Crippen LogP contribution in [0.25, 0.3) is 0 Å². The highest BCUT2D eigenvalue weighted by molar-refractivity contribution is 6.36. The summed E-state index contributed by atoms with van der Waals surface area (Å²) < 4.78 is 5.05. The van der Waals surface area contributed by atoms with Crippen molar-refractivity contribution in [1.82, 2.24) is 5.32 Å². The first-order valence-corrected chi connectivity index (χ1v) is 6.79. The van der Waals surface area contributed by atoms with Gasteiger partial charge in [-0.2, -0.15) is 0 Å². The lowest BCUT2D eigenvalue weighted by atomic mass is 10.2. The average Bonchev–Trinajstić information content (AvgIpc) is 2.93. The van der Waals surface area contributed by atoms with Gasteiger partial charge in [0.2, 0.25) is 11.7 Å². The molecule has 7 heteroatoms. The third-order valence-corrected chi connectivity index (χ3v) is 3.15. The van der Waals surface area contributed by atoms with Crippen molar-refractivity contribution >= 4 is 40.6 Å². The number of carbonyl (C=O) groups excluding carboxylic acids is 2. The Morgan fingerprint density at radius 3 is 2.57 bits per heavy atom. The van der Waals surface area contributed by atoms with Gasteiger partial charge in [0.05, 0.1) is 17.0 Å². The van der Waals surface area contributed by atoms with E-state index in [2.05, 4.69) is 10.6 Å². The van der Waals surface area contributed by atoms with Gasteiger partial charge >= 0.3 is 0 Å². The summed E-state index contributed by atoms with van der Waals surface area (Å²) in [4.78, 5) is 23.6. The quantitative estimate of drug-likeness (QED) is 0.653. The maximum absolute atomic E-state index is 12.3. The van der Waals surface area contributed by atoms with Crippen molar-refractivity contribution in [3.63, 3.8) is 0 Å². The Bertz CT molecular complexity index is 656. The van der Waals surface area contributed by atoms with Crippen LogP contribution in [0, 0.1) is 0 Å². The molecule has 0 saturated heterocycles. The number of anilines is 1. The molecule has 0 radical (unpaired) electrons. The van der Waals surface area contributed by atoms with Gasteiger partial charge in [0.1, 0.15) is 0 Å². The number of halogens is 2. The molecule has 0 aliphatic carbocycles. The standard InChI is InChI=1S/C14H12Cl2N2O3/c1-8(19)17-14(13(20)12-3-2-6-21-12)18-11-5-4-9(15)7-10(11)16/h2-7,14,18H,1H3,(H,17,19)/t14-/m0/s1. The Morgan fingerprint density at radius 2 is 2.00 bits per heavy atom. The van der Waals surface area contributed by atoms with Crippen LogP contribution in [0.1, 0.15) is 17.5 Å². The van der Waals surface area contributed by atoms with Gasteiger partial charge in [-0.25, -0.2) is 0 Å². The van der Waals surface area contributed by atoms with Gasteiger partial charge in [-0.3, -0.25) is 9.59 Å². The van der Waals surface area contributed by atoms with E-state index < -0.39 is 11.9 Å². The predicted octanol–water partition coefficient (Wildman–Crippen LogP) is 3.34. The molecule has 1 heterocycles. The monoisotopic (exact) mass is 326 g/mol. The second kappa shape index (κ2) is 6.65. The molecule has 1 aromatic heterocycles. The highest BCUT2D eigenvalue weighted by Crippen LogP contribution is 2.26. The second-order valence-corrected chi connectivity index (χ2v) is 5.09. The SMILES string of the molecule is CC(=O)N[C@@H](Nc1ccc(Cl)cc1Cl)C(=O)c1ccco1. The lowest BCUT2D eigenvalue weighted by molar-refractivity contribution is -0.119. The fraction of sp³-hybridized carbons (Fsp3) is 0.143. The van der Waals surface area contributed by atoms with Crippen molar-refractivity contribution in [1.29, 1.82) is 0 Å². The number of Topliss-reactive ketones (excluding diaryl/α,β-unsaturated/α-hetero) is 1. The molecule has 2 N–H and O–H groups in total. The molecule has 0 saturated carbocycles. The molecule has 0 spiro atoms. The molecular weight excluding hydrogens is 315 g/mol. The Hall–Kier alpha value is -1.98. The highest BCUT2D eigenvalue weighted by atomic mass is 35.5. The summed E-state index contributed by atoms with van der Waals surface area (Å²) in [6, 6.07) is 7.89. The fourth-order valence-corrected chi connectivity index (χ4v) is 2.16. The molecule has 0 unspecified atom stereocenters. The third kappa shape index (κ3) is 4.00. The van der Waals surface area contributed by atoms with Crippen LogP contribution in [-0.4, -0.2) is 17.9 Å². The minimum Gasteiger partial charge on any atom is -0.461 e. The summed E-state index contributed by atoms with van der Waals surface area (Å²) in [6.07, 6.45) is 0.389. The van der Waals surface area contributed by atoms with Crippen molar-refractivity contribution in [2.75, 3.05) is 5.32 Å². The van der Waals surface area contributed by atoms with Gasteiger partial charge in [0, 0.05) is 11.9 Å². The summed E-state index contributed by atoms with van der Waals surface area (Å²) in [5, 5.41) is 6.18. The summed E-state index contributed by atoms with van der Waals surface area (Å²) in [6.45, 7) is 1.31. The van der Waals surface area contributed by atoms with Crippen LogP contribution in [0.15, 0.2) is 41.0 Å². The predicted molar refractivity (Wildman–Crippen MR) is 80.7 cm³/mol. The van der Waals surface area contributed by atoms with E-state index in [1.807, 2.05) is 0 Å². The molecule has 0 bridgehead atoms. The molecule has 2 aromatic rings. The number of hydrogen-bond donors (Lipinski definition) is 2. The number of nitrogens with one attached hydrogen (secondary N) is 2. The molecule has 21 heavy (non-hydrogen) atoms. The lowest BCUT2D eigenvalue weighted by Crippen LogP contribution is -2.45. The first-order chi connectivity index (χ1) is 9.97. The molecule has 1 amide bonds. The summed E-state index contributed by atoms with van der Waals surface area (Å²) in [7, 11) is 0. The van der Waals surface area contributed by atoms with E-state index in [1.54, 1.807) is 18.2 Å². The van der Waals surface area contributed by atoms with Crippen molar-refractivity contribution in [2.45, 2.75) is 13.1 Å². The van der Waals surface area contributed by atoms with Crippen molar-refractivity contribution in [3.8, 4) is 0 Å². The Labute approximate surface area is 131 Å². The average molecular weight is 327 g/mol. The third-order valence-electron chi connectivity index (χ3n) is 2.60. The number of benzene rings is 1. The largest absolute Gasteiger partial charge is 0.461 e. The zero-order valence-corrected chi connectivity index (χ0v) is 12.5. The van der Waals surface area contributed by atoms with Gasteiger partial charge in [-0.15, -0.1) is 0 Å². The lowest BCUT2D eigenvalue weighted by Gasteiger charge is -2.19. The van der Waals surface area contributed by atoms with Gasteiger partial charge in [0.25, 0.3) is 0 Å². The minimum atomic E-state index is -0.993. The van der Waals surface area contributed by atoms with Crippen LogP contribution in [0.3, 0.4) is 0 Å². The van der Waals surface area contributed by atoms with Gasteiger partial charge in [-0.1, -0.05) is 23.2 Å². The molecule has 0 fully saturated rings. The highest BCUT2D eigenvalue weighted by Gasteiger charge is 2.23. The normalized spacial score (nSPS) is 11.8. The van der Waals surface area contributed by atoms with Crippen LogP contribution in [0.5, 0.6) is 0 Å². The Balaban J connectivity index is 2.24. The van der Waals surface area contributed by atoms with Gasteiger partial charge < -0.3 is 15.1 Å². The zero-order valence-electron chi connectivity index (χ0n) is 11.0. The van der Waals surface area contributed by atoms with E-state index in [4.69, 9.17) is 27.6 Å². The molecule has 5 nitrogen and oxygen atoms in total. The fourth-order valence-electron chi connectivity index (χ4n) is 1.69. The smallest absolute Gasteiger partial charge is 0.240 e. The number of hydrogen-bond acceptors (Lipinski definition) is 4. The number of ketones is 1. The molecule has 1 aromatic carbocycles. The number of furan rings is 1. The van der Waals surface area contributed by atoms with E-state index in [0.717, 1.165) is 0 Å². The van der Waals surface area contributed by atoms with Crippen LogP contribution >= 0.6 is 23.2 Å². The van der Waals surface area contributed by atoms with E-state index >= 15 is 0 Å². The molecule has 2 rings (SSSR count).